The van der Waals surface area contributed by atoms with E-state index in [1.807, 2.05) is 6.07 Å². The number of esters is 1. The molecule has 1 aromatic carbocycles. The first-order valence-electron chi connectivity index (χ1n) is 5.22. The topological polar surface area (TPSA) is 50.1 Å². The van der Waals surface area contributed by atoms with Gasteiger partial charge in [0.05, 0.1) is 18.1 Å². The van der Waals surface area contributed by atoms with Crippen molar-refractivity contribution in [1.29, 1.82) is 5.26 Å². The minimum atomic E-state index is -0.583. The van der Waals surface area contributed by atoms with Gasteiger partial charge in [-0.05, 0) is 38.5 Å². The van der Waals surface area contributed by atoms with Gasteiger partial charge in [0.1, 0.15) is 11.4 Å². The molecule has 3 nitrogen and oxygen atoms in total. The summed E-state index contributed by atoms with van der Waals surface area (Å²) in [6, 6.07) is 5.84. The molecule has 0 heterocycles. The van der Waals surface area contributed by atoms with Crippen molar-refractivity contribution in [3.63, 3.8) is 0 Å². The lowest BCUT2D eigenvalue weighted by Crippen LogP contribution is -2.25. The van der Waals surface area contributed by atoms with Crippen LogP contribution in [-0.2, 0) is 16.0 Å². The van der Waals surface area contributed by atoms with Gasteiger partial charge >= 0.3 is 5.97 Å². The zero-order chi connectivity index (χ0) is 13.1. The summed E-state index contributed by atoms with van der Waals surface area (Å²) in [5.41, 5.74) is -0.117. The second kappa shape index (κ2) is 4.96. The Labute approximate surface area is 99.8 Å². The van der Waals surface area contributed by atoms with Gasteiger partial charge in [-0.25, -0.2) is 4.39 Å². The van der Waals surface area contributed by atoms with E-state index in [0.717, 1.165) is 6.07 Å². The first-order valence-corrected chi connectivity index (χ1v) is 5.22. The van der Waals surface area contributed by atoms with Crippen molar-refractivity contribution in [1.82, 2.24) is 0 Å². The number of nitrogens with zero attached hydrogens (tertiary/aromatic N) is 1. The molecule has 0 aliphatic heterocycles. The van der Waals surface area contributed by atoms with Crippen LogP contribution < -0.4 is 0 Å². The van der Waals surface area contributed by atoms with Crippen molar-refractivity contribution in [3.8, 4) is 6.07 Å². The Morgan fingerprint density at radius 1 is 1.47 bits per heavy atom. The molecule has 0 fully saturated rings. The van der Waals surface area contributed by atoms with E-state index in [-0.39, 0.29) is 17.5 Å². The SMILES string of the molecule is CC(C)(C)OC(=O)Cc1ccc(C#N)cc1F. The van der Waals surface area contributed by atoms with E-state index >= 15 is 0 Å². The molecule has 4 heteroatoms. The summed E-state index contributed by atoms with van der Waals surface area (Å²) in [5, 5.41) is 8.58. The number of hydrogen-bond donors (Lipinski definition) is 0. The van der Waals surface area contributed by atoms with Crippen LogP contribution in [0.4, 0.5) is 4.39 Å². The van der Waals surface area contributed by atoms with Gasteiger partial charge in [0.25, 0.3) is 0 Å². The minimum absolute atomic E-state index is 0.130. The number of rotatable bonds is 2. The Bertz CT molecular complexity index is 469. The summed E-state index contributed by atoms with van der Waals surface area (Å²) in [6.07, 6.45) is -0.130. The van der Waals surface area contributed by atoms with Gasteiger partial charge < -0.3 is 4.74 Å². The highest BCUT2D eigenvalue weighted by Gasteiger charge is 2.17. The summed E-state index contributed by atoms with van der Waals surface area (Å²) in [4.78, 5) is 11.5. The fourth-order valence-corrected chi connectivity index (χ4v) is 1.29. The largest absolute Gasteiger partial charge is 0.460 e. The van der Waals surface area contributed by atoms with Gasteiger partial charge in [0.2, 0.25) is 0 Å². The summed E-state index contributed by atoms with van der Waals surface area (Å²) >= 11 is 0. The second-order valence-electron chi connectivity index (χ2n) is 4.68. The fraction of sp³-hybridized carbons (Fsp3) is 0.385. The maximum Gasteiger partial charge on any atom is 0.310 e. The fourth-order valence-electron chi connectivity index (χ4n) is 1.29. The number of hydrogen-bond acceptors (Lipinski definition) is 3. The number of carbonyl (C=O) groups is 1. The van der Waals surface area contributed by atoms with Crippen molar-refractivity contribution < 1.29 is 13.9 Å². The smallest absolute Gasteiger partial charge is 0.310 e. The second-order valence-corrected chi connectivity index (χ2v) is 4.68. The zero-order valence-corrected chi connectivity index (χ0v) is 10.1. The molecule has 0 amide bonds. The molecule has 0 saturated heterocycles. The molecule has 17 heavy (non-hydrogen) atoms. The van der Waals surface area contributed by atoms with Gasteiger partial charge in [0.15, 0.2) is 0 Å². The highest BCUT2D eigenvalue weighted by molar-refractivity contribution is 5.73. The highest BCUT2D eigenvalue weighted by atomic mass is 19.1. The number of halogens is 1. The van der Waals surface area contributed by atoms with Crippen LogP contribution in [0.25, 0.3) is 0 Å². The van der Waals surface area contributed by atoms with Gasteiger partial charge in [-0.15, -0.1) is 0 Å². The average molecular weight is 235 g/mol. The van der Waals surface area contributed by atoms with E-state index in [2.05, 4.69) is 0 Å². The zero-order valence-electron chi connectivity index (χ0n) is 10.1. The molecule has 90 valence electrons. The van der Waals surface area contributed by atoms with Gasteiger partial charge in [-0.2, -0.15) is 5.26 Å². The Kier molecular flexibility index (Phi) is 3.84. The van der Waals surface area contributed by atoms with Gasteiger partial charge in [-0.1, -0.05) is 6.07 Å². The summed E-state index contributed by atoms with van der Waals surface area (Å²) in [5.74, 6) is -1.05. The lowest BCUT2D eigenvalue weighted by atomic mass is 10.1. The quantitative estimate of drug-likeness (QED) is 0.740. The standard InChI is InChI=1S/C13H14FNO2/c1-13(2,3)17-12(16)7-10-5-4-9(8-15)6-11(10)14/h4-6H,7H2,1-3H3. The Morgan fingerprint density at radius 3 is 2.59 bits per heavy atom. The van der Waals surface area contributed by atoms with Crippen LogP contribution in [0, 0.1) is 17.1 Å². The summed E-state index contributed by atoms with van der Waals surface area (Å²) < 4.78 is 18.6. The number of ether oxygens (including phenoxy) is 1. The van der Waals surface area contributed by atoms with Crippen molar-refractivity contribution in [2.75, 3.05) is 0 Å². The van der Waals surface area contributed by atoms with E-state index < -0.39 is 17.4 Å². The normalized spacial score (nSPS) is 10.8. The van der Waals surface area contributed by atoms with Crippen LogP contribution in [0.15, 0.2) is 18.2 Å². The molecular formula is C13H14FNO2. The van der Waals surface area contributed by atoms with Crippen LogP contribution in [0.2, 0.25) is 0 Å². The molecular weight excluding hydrogens is 221 g/mol. The third-order valence-corrected chi connectivity index (χ3v) is 1.94. The lowest BCUT2D eigenvalue weighted by molar-refractivity contribution is -0.153. The molecule has 1 rings (SSSR count). The van der Waals surface area contributed by atoms with Gasteiger partial charge in [0, 0.05) is 0 Å². The van der Waals surface area contributed by atoms with Crippen molar-refractivity contribution in [2.45, 2.75) is 32.8 Å². The predicted molar refractivity (Wildman–Crippen MR) is 60.7 cm³/mol. The van der Waals surface area contributed by atoms with E-state index in [4.69, 9.17) is 10.00 Å². The molecule has 0 aliphatic carbocycles. The van der Waals surface area contributed by atoms with Crippen LogP contribution in [0.5, 0.6) is 0 Å². The van der Waals surface area contributed by atoms with Crippen molar-refractivity contribution in [2.24, 2.45) is 0 Å². The lowest BCUT2D eigenvalue weighted by Gasteiger charge is -2.19. The summed E-state index contributed by atoms with van der Waals surface area (Å²) in [6.45, 7) is 5.25. The maximum absolute atomic E-state index is 13.5. The first-order chi connectivity index (χ1) is 7.81. The Morgan fingerprint density at radius 2 is 2.12 bits per heavy atom. The third-order valence-electron chi connectivity index (χ3n) is 1.94. The minimum Gasteiger partial charge on any atom is -0.460 e. The molecule has 1 aromatic rings. The Balaban J connectivity index is 2.76. The molecule has 0 bridgehead atoms. The molecule has 0 radical (unpaired) electrons. The number of nitriles is 1. The van der Waals surface area contributed by atoms with Crippen molar-refractivity contribution in [3.05, 3.63) is 35.1 Å². The number of benzene rings is 1. The molecule has 0 spiro atoms. The van der Waals surface area contributed by atoms with E-state index in [1.165, 1.54) is 12.1 Å². The van der Waals surface area contributed by atoms with Gasteiger partial charge in [-0.3, -0.25) is 4.79 Å². The highest BCUT2D eigenvalue weighted by Crippen LogP contribution is 2.14. The first kappa shape index (κ1) is 13.2. The predicted octanol–water partition coefficient (Wildman–Crippen LogP) is 2.58. The monoisotopic (exact) mass is 235 g/mol. The summed E-state index contributed by atoms with van der Waals surface area (Å²) in [7, 11) is 0. The van der Waals surface area contributed by atoms with Crippen LogP contribution in [-0.4, -0.2) is 11.6 Å². The molecule has 0 unspecified atom stereocenters. The molecule has 0 aromatic heterocycles. The molecule has 0 saturated carbocycles. The van der Waals surface area contributed by atoms with Crippen LogP contribution in [0.1, 0.15) is 31.9 Å². The van der Waals surface area contributed by atoms with E-state index in [1.54, 1.807) is 20.8 Å². The average Bonchev–Trinajstić information content (AvgIpc) is 2.18. The molecule has 0 aliphatic rings. The third kappa shape index (κ3) is 4.23. The molecule has 0 N–H and O–H groups in total. The van der Waals surface area contributed by atoms with Crippen molar-refractivity contribution >= 4 is 5.97 Å². The van der Waals surface area contributed by atoms with Crippen LogP contribution in [0.3, 0.4) is 0 Å². The van der Waals surface area contributed by atoms with Crippen LogP contribution >= 0.6 is 0 Å². The Hall–Kier alpha value is -1.89. The number of carbonyl (C=O) groups excluding carboxylic acids is 1. The van der Waals surface area contributed by atoms with E-state index in [9.17, 15) is 9.18 Å². The molecule has 0 atom stereocenters. The maximum atomic E-state index is 13.5. The van der Waals surface area contributed by atoms with E-state index in [0.29, 0.717) is 0 Å².